The maximum Gasteiger partial charge on any atom is 0.108 e. The molecule has 4 nitrogen and oxygen atoms in total. The zero-order valence-corrected chi connectivity index (χ0v) is 10.5. The number of hydrogen-bond acceptors (Lipinski definition) is 3. The van der Waals surface area contributed by atoms with E-state index in [9.17, 15) is 4.21 Å². The van der Waals surface area contributed by atoms with Crippen LogP contribution >= 0.6 is 0 Å². The van der Waals surface area contributed by atoms with Crippen LogP contribution < -0.4 is 10.9 Å². The molecule has 0 aromatic heterocycles. The highest BCUT2D eigenvalue weighted by Crippen LogP contribution is 2.28. The Kier molecular flexibility index (Phi) is 4.55. The van der Waals surface area contributed by atoms with E-state index in [1.165, 1.54) is 0 Å². The Bertz CT molecular complexity index is 310. The van der Waals surface area contributed by atoms with Crippen LogP contribution in [0.15, 0.2) is 4.36 Å². The van der Waals surface area contributed by atoms with Gasteiger partial charge in [0.15, 0.2) is 0 Å². The standard InChI is InChI=1S/C10H23N3OS/c1-3-8-6-9(11)4-5-10(7-8)15(12,14)13-2/h8-10H,3-7,11H2,1-2H3,(H2,12,13,14). The molecule has 4 unspecified atom stereocenters. The van der Waals surface area contributed by atoms with E-state index >= 15 is 0 Å². The molecule has 0 saturated heterocycles. The molecular formula is C10H23N3OS. The molecule has 1 fully saturated rings. The van der Waals surface area contributed by atoms with Crippen LogP contribution in [-0.2, 0) is 9.92 Å². The first-order valence-electron chi connectivity index (χ1n) is 5.67. The summed E-state index contributed by atoms with van der Waals surface area (Å²) in [5, 5.41) is 5.77. The predicted molar refractivity (Wildman–Crippen MR) is 64.7 cm³/mol. The van der Waals surface area contributed by atoms with Gasteiger partial charge < -0.3 is 5.73 Å². The van der Waals surface area contributed by atoms with Crippen LogP contribution in [0.4, 0.5) is 0 Å². The largest absolute Gasteiger partial charge is 0.328 e. The molecule has 0 amide bonds. The fourth-order valence-corrected chi connectivity index (χ4v) is 3.64. The average Bonchev–Trinajstić information content (AvgIpc) is 2.40. The summed E-state index contributed by atoms with van der Waals surface area (Å²) in [6.07, 6.45) is 4.81. The molecule has 0 aliphatic heterocycles. The molecule has 4 N–H and O–H groups in total. The fourth-order valence-electron chi connectivity index (χ4n) is 2.32. The highest BCUT2D eigenvalue weighted by molar-refractivity contribution is 7.92. The van der Waals surface area contributed by atoms with E-state index in [2.05, 4.69) is 11.3 Å². The van der Waals surface area contributed by atoms with Gasteiger partial charge in [-0.25, -0.2) is 13.7 Å². The van der Waals surface area contributed by atoms with Crippen LogP contribution in [-0.4, -0.2) is 22.5 Å². The zero-order valence-electron chi connectivity index (χ0n) is 9.69. The summed E-state index contributed by atoms with van der Waals surface area (Å²) in [5.74, 6) is 0.554. The summed E-state index contributed by atoms with van der Waals surface area (Å²) >= 11 is 0. The van der Waals surface area contributed by atoms with Gasteiger partial charge in [-0.1, -0.05) is 13.3 Å². The lowest BCUT2D eigenvalue weighted by Gasteiger charge is -2.19. The third kappa shape index (κ3) is 3.43. The van der Waals surface area contributed by atoms with Gasteiger partial charge in [0, 0.05) is 13.1 Å². The highest BCUT2D eigenvalue weighted by Gasteiger charge is 2.28. The van der Waals surface area contributed by atoms with E-state index < -0.39 is 9.92 Å². The molecule has 15 heavy (non-hydrogen) atoms. The molecule has 0 heterocycles. The zero-order chi connectivity index (χ0) is 11.5. The number of hydrogen-bond donors (Lipinski definition) is 2. The van der Waals surface area contributed by atoms with Crippen molar-refractivity contribution in [3.63, 3.8) is 0 Å². The van der Waals surface area contributed by atoms with Crippen molar-refractivity contribution in [2.75, 3.05) is 7.05 Å². The lowest BCUT2D eigenvalue weighted by Crippen LogP contribution is -2.29. The van der Waals surface area contributed by atoms with Crippen LogP contribution in [0.5, 0.6) is 0 Å². The van der Waals surface area contributed by atoms with E-state index in [0.717, 1.165) is 32.1 Å². The molecule has 4 atom stereocenters. The lowest BCUT2D eigenvalue weighted by atomic mass is 9.96. The predicted octanol–water partition coefficient (Wildman–Crippen LogP) is 1.25. The van der Waals surface area contributed by atoms with Gasteiger partial charge in [-0.05, 0) is 31.6 Å². The van der Waals surface area contributed by atoms with Crippen molar-refractivity contribution in [2.24, 2.45) is 21.2 Å². The summed E-state index contributed by atoms with van der Waals surface area (Å²) < 4.78 is 15.8. The quantitative estimate of drug-likeness (QED) is 0.704. The van der Waals surface area contributed by atoms with Gasteiger partial charge in [0.25, 0.3) is 0 Å². The maximum absolute atomic E-state index is 12.0. The summed E-state index contributed by atoms with van der Waals surface area (Å²) in [6, 6.07) is 0.243. The highest BCUT2D eigenvalue weighted by atomic mass is 32.2. The molecule has 1 aliphatic rings. The third-order valence-corrected chi connectivity index (χ3v) is 5.39. The minimum Gasteiger partial charge on any atom is -0.328 e. The molecule has 1 rings (SSSR count). The Labute approximate surface area is 93.1 Å². The first-order chi connectivity index (χ1) is 6.99. The topological polar surface area (TPSA) is 81.5 Å². The van der Waals surface area contributed by atoms with E-state index in [4.69, 9.17) is 10.9 Å². The Morgan fingerprint density at radius 2 is 2.07 bits per heavy atom. The van der Waals surface area contributed by atoms with Gasteiger partial charge in [0.2, 0.25) is 0 Å². The van der Waals surface area contributed by atoms with Crippen molar-refractivity contribution >= 4 is 9.92 Å². The van der Waals surface area contributed by atoms with Gasteiger partial charge in [-0.2, -0.15) is 0 Å². The number of nitrogens with two attached hydrogens (primary N) is 2. The molecule has 1 saturated carbocycles. The first kappa shape index (κ1) is 12.9. The van der Waals surface area contributed by atoms with Gasteiger partial charge in [0.05, 0.1) is 5.25 Å². The van der Waals surface area contributed by atoms with Gasteiger partial charge in [0.1, 0.15) is 9.92 Å². The SMILES string of the molecule is CCC1CC(N)CCC(S(N)(=O)=NC)C1. The van der Waals surface area contributed by atoms with Crippen LogP contribution in [0.25, 0.3) is 0 Å². The molecule has 5 heteroatoms. The van der Waals surface area contributed by atoms with E-state index in [1.807, 2.05) is 0 Å². The molecule has 1 aliphatic carbocycles. The molecule has 0 bridgehead atoms. The summed E-state index contributed by atoms with van der Waals surface area (Å²) in [7, 11) is -0.942. The van der Waals surface area contributed by atoms with E-state index in [0.29, 0.717) is 5.92 Å². The second-order valence-corrected chi connectivity index (χ2v) is 6.76. The van der Waals surface area contributed by atoms with Crippen molar-refractivity contribution < 1.29 is 4.21 Å². The molecule has 0 aromatic carbocycles. The summed E-state index contributed by atoms with van der Waals surface area (Å²) in [6.45, 7) is 2.15. The van der Waals surface area contributed by atoms with Gasteiger partial charge >= 0.3 is 0 Å². The van der Waals surface area contributed by atoms with E-state index in [1.54, 1.807) is 7.05 Å². The Morgan fingerprint density at radius 3 is 2.60 bits per heavy atom. The summed E-state index contributed by atoms with van der Waals surface area (Å²) in [5.41, 5.74) is 5.98. The smallest absolute Gasteiger partial charge is 0.108 e. The molecule has 90 valence electrons. The van der Waals surface area contributed by atoms with Crippen molar-refractivity contribution in [1.29, 1.82) is 0 Å². The van der Waals surface area contributed by atoms with Crippen molar-refractivity contribution in [3.05, 3.63) is 0 Å². The second-order valence-electron chi connectivity index (χ2n) is 4.50. The molecule has 0 spiro atoms. The molecule has 0 aromatic rings. The van der Waals surface area contributed by atoms with Gasteiger partial charge in [-0.15, -0.1) is 0 Å². The van der Waals surface area contributed by atoms with Crippen molar-refractivity contribution in [3.8, 4) is 0 Å². The Balaban J connectivity index is 2.79. The number of nitrogens with zero attached hydrogens (tertiary/aromatic N) is 1. The third-order valence-electron chi connectivity index (χ3n) is 3.43. The first-order valence-corrected chi connectivity index (χ1v) is 7.31. The van der Waals surface area contributed by atoms with Crippen LogP contribution in [0.3, 0.4) is 0 Å². The van der Waals surface area contributed by atoms with Gasteiger partial charge in [-0.3, -0.25) is 0 Å². The Morgan fingerprint density at radius 1 is 1.40 bits per heavy atom. The minimum atomic E-state index is -2.49. The molecular weight excluding hydrogens is 210 g/mol. The molecule has 0 radical (unpaired) electrons. The van der Waals surface area contributed by atoms with Crippen LogP contribution in [0.2, 0.25) is 0 Å². The Hall–Kier alpha value is -0.130. The average molecular weight is 233 g/mol. The summed E-state index contributed by atoms with van der Waals surface area (Å²) in [4.78, 5) is 0. The van der Waals surface area contributed by atoms with Crippen LogP contribution in [0.1, 0.15) is 39.0 Å². The fraction of sp³-hybridized carbons (Fsp3) is 1.00. The number of rotatable bonds is 2. The lowest BCUT2D eigenvalue weighted by molar-refractivity contribution is 0.421. The normalized spacial score (nSPS) is 36.7. The monoisotopic (exact) mass is 233 g/mol. The van der Waals surface area contributed by atoms with Crippen molar-refractivity contribution in [2.45, 2.75) is 50.3 Å². The van der Waals surface area contributed by atoms with Crippen LogP contribution in [0, 0.1) is 5.92 Å². The maximum atomic E-state index is 12.0. The minimum absolute atomic E-state index is 0.0287. The second kappa shape index (κ2) is 5.27. The van der Waals surface area contributed by atoms with Crippen molar-refractivity contribution in [1.82, 2.24) is 0 Å². The van der Waals surface area contributed by atoms with E-state index in [-0.39, 0.29) is 11.3 Å².